The van der Waals surface area contributed by atoms with E-state index in [2.05, 4.69) is 39.7 Å². The second-order valence-corrected chi connectivity index (χ2v) is 4.17. The summed E-state index contributed by atoms with van der Waals surface area (Å²) in [5.74, 6) is 0. The van der Waals surface area contributed by atoms with Gasteiger partial charge in [0.1, 0.15) is 0 Å². The van der Waals surface area contributed by atoms with Crippen LogP contribution < -0.4 is 0 Å². The van der Waals surface area contributed by atoms with Crippen molar-refractivity contribution in [1.82, 2.24) is 0 Å². The van der Waals surface area contributed by atoms with E-state index in [0.717, 1.165) is 16.7 Å². The van der Waals surface area contributed by atoms with Gasteiger partial charge in [-0.25, -0.2) is 0 Å². The zero-order valence-corrected chi connectivity index (χ0v) is 10.9. The number of allylic oxidation sites excluding steroid dienone is 9. The van der Waals surface area contributed by atoms with Crippen LogP contribution in [-0.4, -0.2) is 0 Å². The first kappa shape index (κ1) is 14.4. The van der Waals surface area contributed by atoms with Gasteiger partial charge in [0.15, 0.2) is 0 Å². The van der Waals surface area contributed by atoms with E-state index in [9.17, 15) is 0 Å². The van der Waals surface area contributed by atoms with E-state index in [1.807, 2.05) is 26.0 Å². The third-order valence-electron chi connectivity index (χ3n) is 2.21. The summed E-state index contributed by atoms with van der Waals surface area (Å²) in [5.41, 5.74) is 5.64. The van der Waals surface area contributed by atoms with Crippen molar-refractivity contribution in [2.75, 3.05) is 0 Å². The Bertz CT molecular complexity index is 364. The largest absolute Gasteiger partial charge is 0.0991 e. The molecule has 0 spiro atoms. The van der Waals surface area contributed by atoms with Crippen LogP contribution in [-0.2, 0) is 0 Å². The fourth-order valence-electron chi connectivity index (χ4n) is 1.30. The third-order valence-corrected chi connectivity index (χ3v) is 2.21. The minimum Gasteiger partial charge on any atom is -0.0991 e. The lowest BCUT2D eigenvalue weighted by molar-refractivity contribution is 1.30. The molecule has 0 saturated heterocycles. The zero-order chi connectivity index (χ0) is 12.7. The highest BCUT2D eigenvalue weighted by Crippen LogP contribution is 2.20. The Morgan fingerprint density at radius 2 is 1.44 bits per heavy atom. The molecule has 0 aromatic heterocycles. The molecule has 0 radical (unpaired) electrons. The van der Waals surface area contributed by atoms with Gasteiger partial charge in [0.2, 0.25) is 0 Å². The monoisotopic (exact) mass is 214 g/mol. The van der Waals surface area contributed by atoms with E-state index in [1.165, 1.54) is 11.1 Å². The Morgan fingerprint density at radius 3 is 1.75 bits per heavy atom. The lowest BCUT2D eigenvalue weighted by Crippen LogP contribution is -1.88. The van der Waals surface area contributed by atoms with Crippen LogP contribution in [0.15, 0.2) is 71.9 Å². The van der Waals surface area contributed by atoms with Crippen LogP contribution in [0.4, 0.5) is 0 Å². The first-order valence-corrected chi connectivity index (χ1v) is 5.40. The SMILES string of the molecule is C=CC=CC(C=C(C(=C)C)C(=C)C)=C(C)C. The minimum absolute atomic E-state index is 1.04. The summed E-state index contributed by atoms with van der Waals surface area (Å²) in [5, 5.41) is 0. The second kappa shape index (κ2) is 6.84. The summed E-state index contributed by atoms with van der Waals surface area (Å²) in [7, 11) is 0. The molecule has 0 aromatic carbocycles. The molecule has 86 valence electrons. The second-order valence-electron chi connectivity index (χ2n) is 4.17. The van der Waals surface area contributed by atoms with Gasteiger partial charge in [-0.2, -0.15) is 0 Å². The molecular formula is C16H22. The molecule has 0 atom stereocenters. The Labute approximate surface area is 100 Å². The standard InChI is InChI=1S/C16H22/c1-8-9-10-15(12(2)3)11-16(13(4)5)14(6)7/h8-11H,1,4,6H2,2-3,5,7H3. The Morgan fingerprint density at radius 1 is 0.938 bits per heavy atom. The van der Waals surface area contributed by atoms with Crippen LogP contribution in [0.25, 0.3) is 0 Å². The van der Waals surface area contributed by atoms with Crippen molar-refractivity contribution in [2.24, 2.45) is 0 Å². The molecule has 0 aliphatic carbocycles. The smallest absolute Gasteiger partial charge is 0.0204 e. The molecule has 16 heavy (non-hydrogen) atoms. The molecule has 0 fully saturated rings. The van der Waals surface area contributed by atoms with Crippen LogP contribution in [0, 0.1) is 0 Å². The van der Waals surface area contributed by atoms with Crippen molar-refractivity contribution in [1.29, 1.82) is 0 Å². The summed E-state index contributed by atoms with van der Waals surface area (Å²) in [6, 6.07) is 0. The highest BCUT2D eigenvalue weighted by Gasteiger charge is 2.00. The predicted molar refractivity (Wildman–Crippen MR) is 75.4 cm³/mol. The Kier molecular flexibility index (Phi) is 6.17. The van der Waals surface area contributed by atoms with Crippen molar-refractivity contribution >= 4 is 0 Å². The lowest BCUT2D eigenvalue weighted by atomic mass is 9.98. The van der Waals surface area contributed by atoms with Crippen LogP contribution in [0.2, 0.25) is 0 Å². The summed E-state index contributed by atoms with van der Waals surface area (Å²) in [6.45, 7) is 19.8. The van der Waals surface area contributed by atoms with Crippen molar-refractivity contribution < 1.29 is 0 Å². The highest BCUT2D eigenvalue weighted by atomic mass is 14.1. The highest BCUT2D eigenvalue weighted by molar-refractivity contribution is 5.49. The molecule has 0 nitrogen and oxygen atoms in total. The van der Waals surface area contributed by atoms with Gasteiger partial charge in [-0.1, -0.05) is 54.7 Å². The quantitative estimate of drug-likeness (QED) is 0.556. The van der Waals surface area contributed by atoms with Gasteiger partial charge in [0.25, 0.3) is 0 Å². The lowest BCUT2D eigenvalue weighted by Gasteiger charge is -2.08. The molecular weight excluding hydrogens is 192 g/mol. The van der Waals surface area contributed by atoms with Gasteiger partial charge in [0, 0.05) is 0 Å². The molecule has 0 heterocycles. The van der Waals surface area contributed by atoms with Crippen LogP contribution >= 0.6 is 0 Å². The molecule has 0 aliphatic rings. The number of hydrogen-bond acceptors (Lipinski definition) is 0. The normalized spacial score (nSPS) is 9.75. The van der Waals surface area contributed by atoms with Crippen LogP contribution in [0.5, 0.6) is 0 Å². The summed E-state index contributed by atoms with van der Waals surface area (Å²) in [4.78, 5) is 0. The summed E-state index contributed by atoms with van der Waals surface area (Å²) >= 11 is 0. The maximum Gasteiger partial charge on any atom is -0.0204 e. The summed E-state index contributed by atoms with van der Waals surface area (Å²) < 4.78 is 0. The van der Waals surface area contributed by atoms with Gasteiger partial charge in [-0.3, -0.25) is 0 Å². The average Bonchev–Trinajstić information content (AvgIpc) is 2.16. The van der Waals surface area contributed by atoms with Gasteiger partial charge in [-0.05, 0) is 44.9 Å². The predicted octanol–water partition coefficient (Wildman–Crippen LogP) is 5.14. The van der Waals surface area contributed by atoms with Crippen molar-refractivity contribution in [3.63, 3.8) is 0 Å². The van der Waals surface area contributed by atoms with Gasteiger partial charge in [-0.15, -0.1) is 0 Å². The maximum absolute atomic E-state index is 3.97. The first-order valence-electron chi connectivity index (χ1n) is 5.40. The van der Waals surface area contributed by atoms with E-state index >= 15 is 0 Å². The van der Waals surface area contributed by atoms with Crippen LogP contribution in [0.1, 0.15) is 27.7 Å². The molecule has 0 rings (SSSR count). The zero-order valence-electron chi connectivity index (χ0n) is 10.9. The minimum atomic E-state index is 1.04. The first-order chi connectivity index (χ1) is 7.40. The topological polar surface area (TPSA) is 0 Å². The van der Waals surface area contributed by atoms with E-state index in [1.54, 1.807) is 6.08 Å². The maximum atomic E-state index is 3.97. The Hall–Kier alpha value is -1.56. The van der Waals surface area contributed by atoms with Crippen molar-refractivity contribution in [3.8, 4) is 0 Å². The number of rotatable bonds is 5. The molecule has 0 amide bonds. The number of hydrogen-bond donors (Lipinski definition) is 0. The van der Waals surface area contributed by atoms with Crippen molar-refractivity contribution in [2.45, 2.75) is 27.7 Å². The molecule has 0 unspecified atom stereocenters. The van der Waals surface area contributed by atoms with Gasteiger partial charge >= 0.3 is 0 Å². The van der Waals surface area contributed by atoms with E-state index in [-0.39, 0.29) is 0 Å². The Balaban J connectivity index is 5.42. The molecule has 0 bridgehead atoms. The van der Waals surface area contributed by atoms with E-state index < -0.39 is 0 Å². The fraction of sp³-hybridized carbons (Fsp3) is 0.250. The van der Waals surface area contributed by atoms with Crippen molar-refractivity contribution in [3.05, 3.63) is 71.9 Å². The molecule has 0 aromatic rings. The molecule has 0 N–H and O–H groups in total. The van der Waals surface area contributed by atoms with Crippen LogP contribution in [0.3, 0.4) is 0 Å². The molecule has 0 saturated carbocycles. The third kappa shape index (κ3) is 4.79. The van der Waals surface area contributed by atoms with Gasteiger partial charge < -0.3 is 0 Å². The van der Waals surface area contributed by atoms with E-state index in [4.69, 9.17) is 0 Å². The molecule has 0 aliphatic heterocycles. The van der Waals surface area contributed by atoms with Gasteiger partial charge in [0.05, 0.1) is 0 Å². The fourth-order valence-corrected chi connectivity index (χ4v) is 1.30. The molecule has 0 heteroatoms. The van der Waals surface area contributed by atoms with E-state index in [0.29, 0.717) is 0 Å². The average molecular weight is 214 g/mol. The summed E-state index contributed by atoms with van der Waals surface area (Å²) in [6.07, 6.45) is 7.89.